The molecule has 0 rings (SSSR count). The van der Waals surface area contributed by atoms with Crippen molar-refractivity contribution in [1.29, 1.82) is 0 Å². The van der Waals surface area contributed by atoms with Gasteiger partial charge in [0.15, 0.2) is 0 Å². The molecule has 0 aromatic rings. The average molecular weight is 131 g/mol. The molecule has 0 radical (unpaired) electrons. The third-order valence-electron chi connectivity index (χ3n) is 0.102. The topological polar surface area (TPSA) is 0 Å². The number of hydrogen-bond donors (Lipinski definition) is 0. The van der Waals surface area contributed by atoms with Crippen molar-refractivity contribution in [3.8, 4) is 0 Å². The van der Waals surface area contributed by atoms with Crippen LogP contribution in [0.2, 0.25) is 5.32 Å². The van der Waals surface area contributed by atoms with E-state index in [0.717, 1.165) is 5.32 Å². The van der Waals surface area contributed by atoms with Gasteiger partial charge in [-0.1, -0.05) is 0 Å². The Labute approximate surface area is 47.9 Å². The summed E-state index contributed by atoms with van der Waals surface area (Å²) in [5.74, 6) is 0. The van der Waals surface area contributed by atoms with E-state index < -0.39 is 0 Å². The van der Waals surface area contributed by atoms with Crippen molar-refractivity contribution in [3.05, 3.63) is 12.7 Å². The summed E-state index contributed by atoms with van der Waals surface area (Å²) in [5.41, 5.74) is 0. The largest absolute Gasteiger partial charge is 0.197 e. The van der Waals surface area contributed by atoms with Crippen LogP contribution in [0.3, 0.4) is 0 Å². The molecule has 0 fully saturated rings. The number of hydrogen-bond acceptors (Lipinski definition) is 0. The van der Waals surface area contributed by atoms with Gasteiger partial charge < -0.3 is 0 Å². The molecule has 0 N–H and O–H groups in total. The molecule has 0 aromatic heterocycles. The van der Waals surface area contributed by atoms with Crippen LogP contribution >= 0.6 is 13.5 Å². The van der Waals surface area contributed by atoms with Crippen LogP contribution < -0.4 is 0 Å². The first-order valence-electron chi connectivity index (χ1n) is 1.07. The van der Waals surface area contributed by atoms with Crippen molar-refractivity contribution >= 4 is 13.5 Å². The Morgan fingerprint density at radius 1 is 1.80 bits per heavy atom. The standard InChI is InChI=1S/C3H5.Fe.H2S/c1-3-2;;/h3H,1-2H2;;1H2. The second-order valence-corrected chi connectivity index (χ2v) is 0.884. The molecule has 0 aliphatic rings. The molecular weight excluding hydrogens is 124 g/mol. The zero-order valence-electron chi connectivity index (χ0n) is 2.85. The summed E-state index contributed by atoms with van der Waals surface area (Å²) in [5, 5.41) is 0.833. The van der Waals surface area contributed by atoms with E-state index in [1.165, 1.54) is 0 Å². The van der Waals surface area contributed by atoms with Crippen LogP contribution in [0.1, 0.15) is 0 Å². The molecule has 0 nitrogen and oxygen atoms in total. The molecular formula is C3H7FeS. The van der Waals surface area contributed by atoms with Gasteiger partial charge in [0, 0.05) is 0 Å². The fourth-order valence-corrected chi connectivity index (χ4v) is 0. The van der Waals surface area contributed by atoms with Gasteiger partial charge in [-0.05, 0) is 0 Å². The second-order valence-electron chi connectivity index (χ2n) is 0.433. The fourth-order valence-electron chi connectivity index (χ4n) is 0. The Morgan fingerprint density at radius 3 is 2.00 bits per heavy atom. The van der Waals surface area contributed by atoms with E-state index in [0.29, 0.717) is 0 Å². The van der Waals surface area contributed by atoms with E-state index in [1.54, 1.807) is 6.08 Å². The van der Waals surface area contributed by atoms with E-state index in [2.05, 4.69) is 22.6 Å². The summed E-state index contributed by atoms with van der Waals surface area (Å²) >= 11 is 3.49. The maximum absolute atomic E-state index is 3.49. The van der Waals surface area contributed by atoms with Gasteiger partial charge in [-0.25, -0.2) is 0 Å². The van der Waals surface area contributed by atoms with Crippen LogP contribution in [0.15, 0.2) is 12.7 Å². The molecule has 0 aromatic carbocycles. The molecule has 0 saturated carbocycles. The molecule has 0 unspecified atom stereocenters. The number of rotatable bonds is 1. The smallest absolute Gasteiger partial charge is 0.197 e. The Balaban J connectivity index is 0. The summed E-state index contributed by atoms with van der Waals surface area (Å²) < 4.78 is 0. The van der Waals surface area contributed by atoms with Crippen LogP contribution in [-0.2, 0) is 16.0 Å². The molecule has 0 bridgehead atoms. The average Bonchev–Trinajstić information content (AvgIpc) is 1.37. The maximum Gasteiger partial charge on any atom is -0.197 e. The minimum atomic E-state index is 0. The quantitative estimate of drug-likeness (QED) is 0.371. The zero-order chi connectivity index (χ0) is 3.41. The molecule has 0 amide bonds. The third kappa shape index (κ3) is 12.1. The van der Waals surface area contributed by atoms with Gasteiger partial charge in [-0.2, -0.15) is 13.5 Å². The number of allylic oxidation sites excluding steroid dienone is 1. The molecule has 0 aliphatic carbocycles. The van der Waals surface area contributed by atoms with E-state index in [4.69, 9.17) is 0 Å². The molecule has 0 aliphatic heterocycles. The van der Waals surface area contributed by atoms with Crippen LogP contribution in [0.25, 0.3) is 0 Å². The van der Waals surface area contributed by atoms with Crippen molar-refractivity contribution < 1.29 is 16.0 Å². The molecule has 2 heteroatoms. The Kier molecular flexibility index (Phi) is 16.1. The first-order valence-corrected chi connectivity index (χ1v) is 1.85. The maximum atomic E-state index is 3.49. The van der Waals surface area contributed by atoms with E-state index in [-0.39, 0.29) is 13.5 Å². The van der Waals surface area contributed by atoms with Gasteiger partial charge >= 0.3 is 34.0 Å². The summed E-state index contributed by atoms with van der Waals surface area (Å²) in [6.45, 7) is 3.42. The summed E-state index contributed by atoms with van der Waals surface area (Å²) in [6.07, 6.45) is 1.76. The van der Waals surface area contributed by atoms with Crippen molar-refractivity contribution in [2.45, 2.75) is 5.32 Å². The van der Waals surface area contributed by atoms with Crippen LogP contribution in [0, 0.1) is 0 Å². The molecule has 0 saturated heterocycles. The minimum Gasteiger partial charge on any atom is -0.197 e. The fraction of sp³-hybridized carbons (Fsp3) is 0.333. The first-order chi connectivity index (χ1) is 1.91. The predicted octanol–water partition coefficient (Wildman–Crippen LogP) is 1.25. The summed E-state index contributed by atoms with van der Waals surface area (Å²) in [6, 6.07) is 0. The molecule has 0 atom stereocenters. The van der Waals surface area contributed by atoms with Gasteiger partial charge in [0.25, 0.3) is 0 Å². The SMILES string of the molecule is C=C[CH2][Fe].S. The molecule has 5 heavy (non-hydrogen) atoms. The van der Waals surface area contributed by atoms with Crippen molar-refractivity contribution in [2.24, 2.45) is 0 Å². The van der Waals surface area contributed by atoms with Crippen molar-refractivity contribution in [2.75, 3.05) is 0 Å². The second kappa shape index (κ2) is 8.82. The van der Waals surface area contributed by atoms with E-state index in [9.17, 15) is 0 Å². The van der Waals surface area contributed by atoms with Gasteiger partial charge in [0.05, 0.1) is 0 Å². The van der Waals surface area contributed by atoms with Gasteiger partial charge in [0.2, 0.25) is 0 Å². The van der Waals surface area contributed by atoms with Gasteiger partial charge in [0.1, 0.15) is 0 Å². The molecule has 0 heterocycles. The molecule has 33 valence electrons. The Bertz CT molecular complexity index is 20.9. The van der Waals surface area contributed by atoms with Gasteiger partial charge in [-0.3, -0.25) is 0 Å². The van der Waals surface area contributed by atoms with Gasteiger partial charge in [-0.15, -0.1) is 0 Å². The van der Waals surface area contributed by atoms with Crippen molar-refractivity contribution in [1.82, 2.24) is 0 Å². The normalized spacial score (nSPS) is 5.00. The third-order valence-corrected chi connectivity index (χ3v) is 0.421. The monoisotopic (exact) mass is 131 g/mol. The Hall–Kier alpha value is 0.609. The first kappa shape index (κ1) is 9.15. The van der Waals surface area contributed by atoms with Crippen LogP contribution in [-0.4, -0.2) is 0 Å². The summed E-state index contributed by atoms with van der Waals surface area (Å²) in [7, 11) is 0. The predicted molar refractivity (Wildman–Crippen MR) is 25.4 cm³/mol. The summed E-state index contributed by atoms with van der Waals surface area (Å²) in [4.78, 5) is 0. The zero-order valence-corrected chi connectivity index (χ0v) is 4.95. The minimum absolute atomic E-state index is 0. The van der Waals surface area contributed by atoms with Crippen LogP contribution in [0.4, 0.5) is 0 Å². The molecule has 0 spiro atoms. The van der Waals surface area contributed by atoms with E-state index in [1.807, 2.05) is 0 Å². The Morgan fingerprint density at radius 2 is 2.00 bits per heavy atom. The van der Waals surface area contributed by atoms with E-state index >= 15 is 0 Å². The van der Waals surface area contributed by atoms with Crippen molar-refractivity contribution in [3.63, 3.8) is 0 Å². The van der Waals surface area contributed by atoms with Crippen LogP contribution in [0.5, 0.6) is 0 Å².